The van der Waals surface area contributed by atoms with Crippen LogP contribution in [0.15, 0.2) is 0 Å². The third-order valence-electron chi connectivity index (χ3n) is 3.15. The molecule has 0 amide bonds. The lowest BCUT2D eigenvalue weighted by molar-refractivity contribution is -0.145. The summed E-state index contributed by atoms with van der Waals surface area (Å²) in [5, 5.41) is 3.19. The van der Waals surface area contributed by atoms with Crippen LogP contribution in [0.4, 0.5) is 0 Å². The van der Waals surface area contributed by atoms with Crippen LogP contribution < -0.4 is 5.32 Å². The van der Waals surface area contributed by atoms with Crippen molar-refractivity contribution in [3.05, 3.63) is 0 Å². The van der Waals surface area contributed by atoms with Gasteiger partial charge in [-0.2, -0.15) is 0 Å². The fourth-order valence-electron chi connectivity index (χ4n) is 2.33. The summed E-state index contributed by atoms with van der Waals surface area (Å²) in [7, 11) is 1.44. The van der Waals surface area contributed by atoms with Gasteiger partial charge in [-0.1, -0.05) is 0 Å². The van der Waals surface area contributed by atoms with Gasteiger partial charge in [-0.25, -0.2) is 0 Å². The Bertz CT molecular complexity index is 205. The van der Waals surface area contributed by atoms with Gasteiger partial charge in [0.1, 0.15) is 6.04 Å². The molecule has 0 saturated carbocycles. The summed E-state index contributed by atoms with van der Waals surface area (Å²) in [6.45, 7) is 2.36. The predicted molar refractivity (Wildman–Crippen MR) is 46.3 cm³/mol. The number of ether oxygens (including phenoxy) is 2. The molecule has 0 aromatic heterocycles. The van der Waals surface area contributed by atoms with Gasteiger partial charge in [-0.3, -0.25) is 4.79 Å². The van der Waals surface area contributed by atoms with Gasteiger partial charge >= 0.3 is 5.97 Å². The van der Waals surface area contributed by atoms with Gasteiger partial charge in [0.2, 0.25) is 0 Å². The van der Waals surface area contributed by atoms with Crippen LogP contribution in [-0.4, -0.2) is 38.9 Å². The van der Waals surface area contributed by atoms with Crippen molar-refractivity contribution in [2.45, 2.75) is 18.9 Å². The van der Waals surface area contributed by atoms with Gasteiger partial charge in [-0.15, -0.1) is 0 Å². The van der Waals surface area contributed by atoms with Crippen LogP contribution in [0.5, 0.6) is 0 Å². The van der Waals surface area contributed by atoms with Gasteiger partial charge in [-0.05, 0) is 19.4 Å². The second-order valence-electron chi connectivity index (χ2n) is 3.83. The first kappa shape index (κ1) is 8.97. The summed E-state index contributed by atoms with van der Waals surface area (Å²) >= 11 is 0. The highest BCUT2D eigenvalue weighted by Gasteiger charge is 2.49. The zero-order valence-electron chi connectivity index (χ0n) is 7.84. The molecule has 2 heterocycles. The first-order chi connectivity index (χ1) is 6.28. The second-order valence-corrected chi connectivity index (χ2v) is 3.83. The molecular weight excluding hydrogens is 170 g/mol. The molecule has 2 atom stereocenters. The van der Waals surface area contributed by atoms with Crippen LogP contribution in [0, 0.1) is 5.41 Å². The number of hydrogen-bond donors (Lipinski definition) is 1. The monoisotopic (exact) mass is 185 g/mol. The van der Waals surface area contributed by atoms with E-state index in [2.05, 4.69) is 5.32 Å². The zero-order valence-corrected chi connectivity index (χ0v) is 7.84. The van der Waals surface area contributed by atoms with E-state index in [9.17, 15) is 4.79 Å². The number of esters is 1. The molecule has 2 aliphatic rings. The quantitative estimate of drug-likeness (QED) is 0.581. The summed E-state index contributed by atoms with van der Waals surface area (Å²) in [5.41, 5.74) is 0.0209. The first-order valence-electron chi connectivity index (χ1n) is 4.67. The average molecular weight is 185 g/mol. The van der Waals surface area contributed by atoms with E-state index < -0.39 is 0 Å². The largest absolute Gasteiger partial charge is 0.468 e. The fraction of sp³-hybridized carbons (Fsp3) is 0.889. The molecular formula is C9H15NO3. The topological polar surface area (TPSA) is 47.6 Å². The average Bonchev–Trinajstić information content (AvgIpc) is 2.76. The van der Waals surface area contributed by atoms with Crippen molar-refractivity contribution in [1.82, 2.24) is 5.32 Å². The summed E-state index contributed by atoms with van der Waals surface area (Å²) in [6.07, 6.45) is 1.99. The van der Waals surface area contributed by atoms with E-state index in [0.29, 0.717) is 6.61 Å². The summed E-state index contributed by atoms with van der Waals surface area (Å²) in [4.78, 5) is 11.4. The second kappa shape index (κ2) is 3.27. The fourth-order valence-corrected chi connectivity index (χ4v) is 2.33. The Balaban J connectivity index is 2.13. The molecule has 0 aromatic rings. The minimum absolute atomic E-state index is 0.0209. The van der Waals surface area contributed by atoms with Crippen LogP contribution in [-0.2, 0) is 14.3 Å². The van der Waals surface area contributed by atoms with E-state index in [1.54, 1.807) is 0 Å². The molecule has 4 nitrogen and oxygen atoms in total. The SMILES string of the molecule is COC(=O)C1NCCC12CCOC2. The number of carbonyl (C=O) groups is 1. The third kappa shape index (κ3) is 1.34. The van der Waals surface area contributed by atoms with Crippen molar-refractivity contribution in [2.24, 2.45) is 5.41 Å². The maximum atomic E-state index is 11.4. The highest BCUT2D eigenvalue weighted by atomic mass is 16.5. The molecule has 4 heteroatoms. The van der Waals surface area contributed by atoms with Crippen molar-refractivity contribution < 1.29 is 14.3 Å². The molecule has 74 valence electrons. The van der Waals surface area contributed by atoms with E-state index in [1.807, 2.05) is 0 Å². The van der Waals surface area contributed by atoms with Crippen molar-refractivity contribution in [3.63, 3.8) is 0 Å². The number of hydrogen-bond acceptors (Lipinski definition) is 4. The van der Waals surface area contributed by atoms with E-state index in [1.165, 1.54) is 7.11 Å². The van der Waals surface area contributed by atoms with Crippen molar-refractivity contribution in [2.75, 3.05) is 26.9 Å². The van der Waals surface area contributed by atoms with E-state index in [4.69, 9.17) is 9.47 Å². The van der Waals surface area contributed by atoms with Gasteiger partial charge in [0.15, 0.2) is 0 Å². The standard InChI is InChI=1S/C9H15NO3/c1-12-8(11)7-9(2-4-10-7)3-5-13-6-9/h7,10H,2-6H2,1H3. The zero-order chi connectivity index (χ0) is 9.31. The minimum atomic E-state index is -0.153. The van der Waals surface area contributed by atoms with Crippen LogP contribution in [0.25, 0.3) is 0 Å². The number of carbonyl (C=O) groups excluding carboxylic acids is 1. The van der Waals surface area contributed by atoms with E-state index >= 15 is 0 Å². The molecule has 2 saturated heterocycles. The van der Waals surface area contributed by atoms with Crippen molar-refractivity contribution in [3.8, 4) is 0 Å². The third-order valence-corrected chi connectivity index (χ3v) is 3.15. The molecule has 1 N–H and O–H groups in total. The Hall–Kier alpha value is -0.610. The molecule has 2 fully saturated rings. The smallest absolute Gasteiger partial charge is 0.323 e. The maximum Gasteiger partial charge on any atom is 0.323 e. The lowest BCUT2D eigenvalue weighted by atomic mass is 9.80. The van der Waals surface area contributed by atoms with Crippen LogP contribution in [0.3, 0.4) is 0 Å². The maximum absolute atomic E-state index is 11.4. The summed E-state index contributed by atoms with van der Waals surface area (Å²) in [6, 6.07) is -0.153. The van der Waals surface area contributed by atoms with Gasteiger partial charge in [0, 0.05) is 12.0 Å². The van der Waals surface area contributed by atoms with Crippen LogP contribution in [0.2, 0.25) is 0 Å². The van der Waals surface area contributed by atoms with Gasteiger partial charge in [0.05, 0.1) is 13.7 Å². The Kier molecular flexibility index (Phi) is 2.26. The summed E-state index contributed by atoms with van der Waals surface area (Å²) < 4.78 is 10.1. The molecule has 13 heavy (non-hydrogen) atoms. The molecule has 2 aliphatic heterocycles. The molecule has 0 aliphatic carbocycles. The molecule has 0 aromatic carbocycles. The number of rotatable bonds is 1. The Morgan fingerprint density at radius 3 is 3.08 bits per heavy atom. The Labute approximate surface area is 77.6 Å². The Morgan fingerprint density at radius 1 is 1.62 bits per heavy atom. The molecule has 2 unspecified atom stereocenters. The highest BCUT2D eigenvalue weighted by molar-refractivity contribution is 5.77. The molecule has 0 radical (unpaired) electrons. The lowest BCUT2D eigenvalue weighted by Crippen LogP contribution is -2.44. The number of nitrogens with one attached hydrogen (secondary N) is 1. The van der Waals surface area contributed by atoms with Crippen molar-refractivity contribution in [1.29, 1.82) is 0 Å². The van der Waals surface area contributed by atoms with Gasteiger partial charge in [0.25, 0.3) is 0 Å². The molecule has 1 spiro atoms. The predicted octanol–water partition coefficient (Wildman–Crippen LogP) is -0.0720. The lowest BCUT2D eigenvalue weighted by Gasteiger charge is -2.26. The molecule has 0 bridgehead atoms. The highest BCUT2D eigenvalue weighted by Crippen LogP contribution is 2.39. The number of methoxy groups -OCH3 is 1. The first-order valence-corrected chi connectivity index (χ1v) is 4.67. The Morgan fingerprint density at radius 2 is 2.46 bits per heavy atom. The van der Waals surface area contributed by atoms with Gasteiger partial charge < -0.3 is 14.8 Å². The van der Waals surface area contributed by atoms with E-state index in [-0.39, 0.29) is 17.4 Å². The summed E-state index contributed by atoms with van der Waals surface area (Å²) in [5.74, 6) is -0.150. The molecule has 2 rings (SSSR count). The van der Waals surface area contributed by atoms with Crippen molar-refractivity contribution >= 4 is 5.97 Å². The van der Waals surface area contributed by atoms with E-state index in [0.717, 1.165) is 26.0 Å². The minimum Gasteiger partial charge on any atom is -0.468 e. The van der Waals surface area contributed by atoms with Crippen LogP contribution in [0.1, 0.15) is 12.8 Å². The normalized spacial score (nSPS) is 38.4. The van der Waals surface area contributed by atoms with Crippen LogP contribution >= 0.6 is 0 Å².